The Morgan fingerprint density at radius 3 is 2.16 bits per heavy atom. The van der Waals surface area contributed by atoms with E-state index in [4.69, 9.17) is 0 Å². The zero-order valence-electron chi connectivity index (χ0n) is 9.85. The van der Waals surface area contributed by atoms with E-state index in [2.05, 4.69) is 12.2 Å². The second-order valence-corrected chi connectivity index (χ2v) is 5.42. The maximum atomic E-state index is 13.7. The molecule has 100 valence electrons. The summed E-state index contributed by atoms with van der Waals surface area (Å²) in [6, 6.07) is 6.05. The minimum Gasteiger partial charge on any atom is -0.269 e. The SMILES string of the molecule is CSC(=S)C(F)(F)CN1C(=O)c2ccccc2C1=O. The standard InChI is InChI=1S/C12H9F2NO2S2/c1-19-11(18)12(13,14)6-15-9(16)7-4-2-3-5-8(7)10(15)17/h2-5H,6H2,1H3. The van der Waals surface area contributed by atoms with Gasteiger partial charge in [0.15, 0.2) is 0 Å². The summed E-state index contributed by atoms with van der Waals surface area (Å²) in [7, 11) is 0. The Bertz CT molecular complexity index is 540. The number of thioether (sulfide) groups is 1. The number of nitrogens with zero attached hydrogens (tertiary/aromatic N) is 1. The van der Waals surface area contributed by atoms with Crippen molar-refractivity contribution in [2.24, 2.45) is 0 Å². The van der Waals surface area contributed by atoms with Crippen LogP contribution in [0.1, 0.15) is 20.7 Å². The van der Waals surface area contributed by atoms with E-state index >= 15 is 0 Å². The first-order chi connectivity index (χ1) is 8.88. The molecule has 19 heavy (non-hydrogen) atoms. The molecule has 0 fully saturated rings. The van der Waals surface area contributed by atoms with Crippen LogP contribution in [-0.2, 0) is 0 Å². The third-order valence-corrected chi connectivity index (χ3v) is 4.19. The van der Waals surface area contributed by atoms with Crippen LogP contribution in [0.4, 0.5) is 8.78 Å². The molecular formula is C12H9F2NO2S2. The number of amides is 2. The van der Waals surface area contributed by atoms with E-state index < -0.39 is 28.5 Å². The monoisotopic (exact) mass is 301 g/mol. The van der Waals surface area contributed by atoms with Gasteiger partial charge in [-0.3, -0.25) is 14.5 Å². The smallest absolute Gasteiger partial charge is 0.269 e. The van der Waals surface area contributed by atoms with Gasteiger partial charge in [0.05, 0.1) is 17.7 Å². The molecule has 2 rings (SSSR count). The molecule has 0 atom stereocenters. The number of halogens is 2. The van der Waals surface area contributed by atoms with Gasteiger partial charge in [0, 0.05) is 0 Å². The molecule has 0 bridgehead atoms. The second-order valence-electron chi connectivity index (χ2n) is 3.94. The summed E-state index contributed by atoms with van der Waals surface area (Å²) in [4.78, 5) is 24.4. The molecule has 1 aromatic rings. The van der Waals surface area contributed by atoms with E-state index in [1.165, 1.54) is 18.4 Å². The van der Waals surface area contributed by atoms with Crippen LogP contribution in [0.5, 0.6) is 0 Å². The fraction of sp³-hybridized carbons (Fsp3) is 0.250. The summed E-state index contributed by atoms with van der Waals surface area (Å²) in [5.74, 6) is -4.78. The molecule has 1 aliphatic heterocycles. The zero-order valence-corrected chi connectivity index (χ0v) is 11.5. The summed E-state index contributed by atoms with van der Waals surface area (Å²) >= 11 is 5.29. The number of hydrogen-bond donors (Lipinski definition) is 0. The van der Waals surface area contributed by atoms with Gasteiger partial charge in [-0.2, -0.15) is 8.78 Å². The minimum absolute atomic E-state index is 0.151. The Balaban J connectivity index is 2.28. The highest BCUT2D eigenvalue weighted by atomic mass is 32.2. The lowest BCUT2D eigenvalue weighted by Crippen LogP contribution is -2.43. The van der Waals surface area contributed by atoms with Crippen LogP contribution < -0.4 is 0 Å². The number of thiocarbonyl (C=S) groups is 1. The Morgan fingerprint density at radius 2 is 1.74 bits per heavy atom. The van der Waals surface area contributed by atoms with Crippen molar-refractivity contribution in [3.63, 3.8) is 0 Å². The quantitative estimate of drug-likeness (QED) is 0.635. The molecule has 1 aliphatic rings. The Hall–Kier alpha value is -1.34. The third-order valence-electron chi connectivity index (χ3n) is 2.72. The first-order valence-electron chi connectivity index (χ1n) is 5.30. The van der Waals surface area contributed by atoms with E-state index in [-0.39, 0.29) is 11.1 Å². The lowest BCUT2D eigenvalue weighted by molar-refractivity contribution is 0.0302. The molecule has 0 aromatic heterocycles. The lowest BCUT2D eigenvalue weighted by Gasteiger charge is -2.21. The van der Waals surface area contributed by atoms with Crippen LogP contribution >= 0.6 is 24.0 Å². The minimum atomic E-state index is -3.37. The fourth-order valence-electron chi connectivity index (χ4n) is 1.80. The van der Waals surface area contributed by atoms with Gasteiger partial charge >= 0.3 is 5.92 Å². The number of carbonyl (C=O) groups is 2. The molecule has 1 aromatic carbocycles. The average molecular weight is 301 g/mol. The summed E-state index contributed by atoms with van der Waals surface area (Å²) in [6.45, 7) is -1.01. The van der Waals surface area contributed by atoms with Crippen molar-refractivity contribution >= 4 is 40.0 Å². The van der Waals surface area contributed by atoms with Crippen molar-refractivity contribution in [1.29, 1.82) is 0 Å². The number of hydrogen-bond acceptors (Lipinski definition) is 4. The second kappa shape index (κ2) is 4.97. The van der Waals surface area contributed by atoms with Crippen LogP contribution in [0.15, 0.2) is 24.3 Å². The average Bonchev–Trinajstić information content (AvgIpc) is 2.63. The number of alkyl halides is 2. The molecule has 0 unspecified atom stereocenters. The van der Waals surface area contributed by atoms with Gasteiger partial charge in [0.25, 0.3) is 11.8 Å². The van der Waals surface area contributed by atoms with Crippen LogP contribution in [0.25, 0.3) is 0 Å². The third kappa shape index (κ3) is 2.40. The first-order valence-corrected chi connectivity index (χ1v) is 6.93. The highest BCUT2D eigenvalue weighted by Crippen LogP contribution is 2.29. The Labute approximate surface area is 118 Å². The van der Waals surface area contributed by atoms with Crippen molar-refractivity contribution in [2.45, 2.75) is 5.92 Å². The molecule has 0 spiro atoms. The van der Waals surface area contributed by atoms with Crippen LogP contribution in [0, 0.1) is 0 Å². The molecule has 1 heterocycles. The predicted octanol–water partition coefficient (Wildman–Crippen LogP) is 2.61. The number of fused-ring (bicyclic) bond motifs is 1. The van der Waals surface area contributed by atoms with Crippen LogP contribution in [0.2, 0.25) is 0 Å². The maximum Gasteiger partial charge on any atom is 0.306 e. The van der Waals surface area contributed by atoms with Crippen molar-refractivity contribution < 1.29 is 18.4 Å². The van der Waals surface area contributed by atoms with Gasteiger partial charge in [0.1, 0.15) is 4.20 Å². The van der Waals surface area contributed by atoms with Gasteiger partial charge in [-0.15, -0.1) is 11.8 Å². The summed E-state index contributed by atoms with van der Waals surface area (Å²) in [5, 5.41) is 0. The van der Waals surface area contributed by atoms with Crippen molar-refractivity contribution in [2.75, 3.05) is 12.8 Å². The largest absolute Gasteiger partial charge is 0.306 e. The first kappa shape index (κ1) is 14.1. The molecule has 3 nitrogen and oxygen atoms in total. The summed E-state index contributed by atoms with van der Waals surface area (Å²) in [5.41, 5.74) is 0.303. The van der Waals surface area contributed by atoms with Crippen molar-refractivity contribution in [1.82, 2.24) is 4.90 Å². The highest BCUT2D eigenvalue weighted by molar-refractivity contribution is 8.22. The van der Waals surface area contributed by atoms with E-state index in [0.717, 1.165) is 11.8 Å². The van der Waals surface area contributed by atoms with E-state index in [1.54, 1.807) is 12.1 Å². The highest BCUT2D eigenvalue weighted by Gasteiger charge is 2.44. The topological polar surface area (TPSA) is 37.4 Å². The molecular weight excluding hydrogens is 292 g/mol. The zero-order chi connectivity index (χ0) is 14.2. The number of rotatable bonds is 3. The Kier molecular flexibility index (Phi) is 3.69. The van der Waals surface area contributed by atoms with Gasteiger partial charge in [0.2, 0.25) is 0 Å². The molecule has 0 aliphatic carbocycles. The van der Waals surface area contributed by atoms with Crippen molar-refractivity contribution in [3.05, 3.63) is 35.4 Å². The molecule has 7 heteroatoms. The van der Waals surface area contributed by atoms with Crippen LogP contribution in [0.3, 0.4) is 0 Å². The fourth-order valence-corrected chi connectivity index (χ4v) is 2.22. The van der Waals surface area contributed by atoms with Crippen LogP contribution in [-0.4, -0.2) is 39.6 Å². The van der Waals surface area contributed by atoms with Gasteiger partial charge in [-0.25, -0.2) is 0 Å². The van der Waals surface area contributed by atoms with E-state index in [1.807, 2.05) is 0 Å². The number of carbonyl (C=O) groups excluding carboxylic acids is 2. The molecule has 0 radical (unpaired) electrons. The van der Waals surface area contributed by atoms with Gasteiger partial charge in [-0.05, 0) is 18.4 Å². The molecule has 0 N–H and O–H groups in total. The predicted molar refractivity (Wildman–Crippen MR) is 72.9 cm³/mol. The summed E-state index contributed by atoms with van der Waals surface area (Å²) < 4.78 is 26.9. The number of benzene rings is 1. The number of imide groups is 1. The van der Waals surface area contributed by atoms with Gasteiger partial charge in [-0.1, -0.05) is 24.4 Å². The van der Waals surface area contributed by atoms with E-state index in [9.17, 15) is 18.4 Å². The Morgan fingerprint density at radius 1 is 1.26 bits per heavy atom. The van der Waals surface area contributed by atoms with Crippen molar-refractivity contribution in [3.8, 4) is 0 Å². The van der Waals surface area contributed by atoms with Gasteiger partial charge < -0.3 is 0 Å². The molecule has 0 saturated carbocycles. The molecule has 2 amide bonds. The van der Waals surface area contributed by atoms with E-state index in [0.29, 0.717) is 4.90 Å². The maximum absolute atomic E-state index is 13.7. The normalized spacial score (nSPS) is 14.8. The lowest BCUT2D eigenvalue weighted by atomic mass is 10.1. The molecule has 0 saturated heterocycles. The summed E-state index contributed by atoms with van der Waals surface area (Å²) in [6.07, 6.45) is 1.43.